The van der Waals surface area contributed by atoms with Gasteiger partial charge < -0.3 is 14.6 Å². The fourth-order valence-electron chi connectivity index (χ4n) is 1.44. The maximum atomic E-state index is 10.9. The summed E-state index contributed by atoms with van der Waals surface area (Å²) in [6.45, 7) is 5.10. The molecule has 0 fully saturated rings. The third-order valence-corrected chi connectivity index (χ3v) is 3.06. The summed E-state index contributed by atoms with van der Waals surface area (Å²) in [5, 5.41) is 3.18. The molecule has 6 heteroatoms. The number of nitrogens with zero attached hydrogens (tertiary/aromatic N) is 2. The lowest BCUT2D eigenvalue weighted by Crippen LogP contribution is -2.14. The first-order valence-corrected chi connectivity index (χ1v) is 7.59. The van der Waals surface area contributed by atoms with Gasteiger partial charge in [0.2, 0.25) is 5.95 Å². The maximum absolute atomic E-state index is 10.9. The molecule has 0 bridgehead atoms. The van der Waals surface area contributed by atoms with Crippen LogP contribution in [0.15, 0.2) is 12.4 Å². The van der Waals surface area contributed by atoms with Gasteiger partial charge in [-0.3, -0.25) is 4.21 Å². The van der Waals surface area contributed by atoms with Gasteiger partial charge >= 0.3 is 0 Å². The molecular weight excluding hydrogens is 238 g/mol. The van der Waals surface area contributed by atoms with Gasteiger partial charge in [-0.05, 0) is 13.3 Å². The van der Waals surface area contributed by atoms with E-state index < -0.39 is 10.8 Å². The Morgan fingerprint density at radius 1 is 1.59 bits per heavy atom. The van der Waals surface area contributed by atoms with Gasteiger partial charge in [-0.2, -0.15) is 0 Å². The fraction of sp³-hybridized carbons (Fsp3) is 0.727. The summed E-state index contributed by atoms with van der Waals surface area (Å²) in [6.07, 6.45) is 6.39. The Kier molecular flexibility index (Phi) is 6.88. The van der Waals surface area contributed by atoms with E-state index >= 15 is 0 Å². The van der Waals surface area contributed by atoms with Crippen LogP contribution in [-0.2, 0) is 22.1 Å². The van der Waals surface area contributed by atoms with Crippen molar-refractivity contribution in [3.63, 3.8) is 0 Å². The highest BCUT2D eigenvalue weighted by atomic mass is 32.2. The molecule has 0 amide bonds. The first-order valence-electron chi connectivity index (χ1n) is 5.86. The number of anilines is 1. The fourth-order valence-corrected chi connectivity index (χ4v) is 1.83. The van der Waals surface area contributed by atoms with E-state index in [0.29, 0.717) is 12.3 Å². The summed E-state index contributed by atoms with van der Waals surface area (Å²) >= 11 is 0. The molecule has 1 heterocycles. The minimum atomic E-state index is -0.761. The van der Waals surface area contributed by atoms with Crippen LogP contribution in [0.4, 0.5) is 5.95 Å². The van der Waals surface area contributed by atoms with E-state index in [1.54, 1.807) is 12.5 Å². The van der Waals surface area contributed by atoms with Crippen molar-refractivity contribution in [2.45, 2.75) is 19.9 Å². The van der Waals surface area contributed by atoms with E-state index in [9.17, 15) is 4.21 Å². The number of hydrogen-bond acceptors (Lipinski definition) is 4. The Morgan fingerprint density at radius 2 is 2.41 bits per heavy atom. The highest BCUT2D eigenvalue weighted by Crippen LogP contribution is 2.05. The normalized spacial score (nSPS) is 12.6. The molecule has 1 rings (SSSR count). The highest BCUT2D eigenvalue weighted by Gasteiger charge is 2.01. The lowest BCUT2D eigenvalue weighted by atomic mass is 10.4. The van der Waals surface area contributed by atoms with Crippen molar-refractivity contribution < 1.29 is 8.95 Å². The number of rotatable bonds is 9. The predicted molar refractivity (Wildman–Crippen MR) is 70.8 cm³/mol. The number of aromatic nitrogens is 2. The zero-order chi connectivity index (χ0) is 12.5. The van der Waals surface area contributed by atoms with Gasteiger partial charge in [0, 0.05) is 61.5 Å². The Balaban J connectivity index is 2.29. The van der Waals surface area contributed by atoms with Gasteiger partial charge in [-0.15, -0.1) is 0 Å². The third kappa shape index (κ3) is 5.83. The molecule has 0 aliphatic rings. The Hall–Kier alpha value is -0.880. The standard InChI is InChI=1S/C11H21N3O2S/c1-3-16-9-4-7-14-8-5-12-11(14)13-6-10-17(2)15/h5,8H,3-4,6-7,9-10H2,1-2H3,(H,12,13). The van der Waals surface area contributed by atoms with Crippen LogP contribution in [0.3, 0.4) is 0 Å². The van der Waals surface area contributed by atoms with E-state index in [1.807, 2.05) is 13.1 Å². The van der Waals surface area contributed by atoms with Crippen molar-refractivity contribution in [2.24, 2.45) is 0 Å². The van der Waals surface area contributed by atoms with Crippen LogP contribution in [0, 0.1) is 0 Å². The molecule has 1 atom stereocenters. The average molecular weight is 259 g/mol. The van der Waals surface area contributed by atoms with Crippen molar-refractivity contribution in [3.8, 4) is 0 Å². The Morgan fingerprint density at radius 3 is 3.12 bits per heavy atom. The summed E-state index contributed by atoms with van der Waals surface area (Å²) in [5.74, 6) is 1.48. The molecule has 0 radical (unpaired) electrons. The summed E-state index contributed by atoms with van der Waals surface area (Å²) in [6, 6.07) is 0. The molecule has 0 saturated heterocycles. The topological polar surface area (TPSA) is 56.1 Å². The molecule has 98 valence electrons. The molecule has 0 spiro atoms. The molecule has 1 aromatic heterocycles. The predicted octanol–water partition coefficient (Wildman–Crippen LogP) is 1.10. The lowest BCUT2D eigenvalue weighted by Gasteiger charge is -2.09. The van der Waals surface area contributed by atoms with Crippen LogP contribution in [0.25, 0.3) is 0 Å². The van der Waals surface area contributed by atoms with Crippen molar-refractivity contribution in [2.75, 3.05) is 37.1 Å². The molecule has 0 aliphatic heterocycles. The van der Waals surface area contributed by atoms with Crippen LogP contribution in [0.1, 0.15) is 13.3 Å². The molecule has 5 nitrogen and oxygen atoms in total. The first kappa shape index (κ1) is 14.2. The minimum absolute atomic E-state index is 0.645. The van der Waals surface area contributed by atoms with Gasteiger partial charge in [0.05, 0.1) is 0 Å². The Labute approximate surface area is 105 Å². The van der Waals surface area contributed by atoms with Crippen molar-refractivity contribution in [1.82, 2.24) is 9.55 Å². The molecular formula is C11H21N3O2S. The minimum Gasteiger partial charge on any atom is -0.382 e. The van der Waals surface area contributed by atoms with E-state index in [1.165, 1.54) is 0 Å². The molecule has 1 N–H and O–H groups in total. The van der Waals surface area contributed by atoms with E-state index in [4.69, 9.17) is 4.74 Å². The lowest BCUT2D eigenvalue weighted by molar-refractivity contribution is 0.142. The average Bonchev–Trinajstić information content (AvgIpc) is 2.72. The monoisotopic (exact) mass is 259 g/mol. The second kappa shape index (κ2) is 8.25. The second-order valence-corrected chi connectivity index (χ2v) is 5.25. The molecule has 1 unspecified atom stereocenters. The summed E-state index contributed by atoms with van der Waals surface area (Å²) in [5.41, 5.74) is 0. The van der Waals surface area contributed by atoms with Crippen LogP contribution in [-0.4, -0.2) is 45.5 Å². The molecule has 0 aliphatic carbocycles. The summed E-state index contributed by atoms with van der Waals surface area (Å²) in [4.78, 5) is 4.22. The van der Waals surface area contributed by atoms with Crippen LogP contribution in [0.5, 0.6) is 0 Å². The number of ether oxygens (including phenoxy) is 1. The molecule has 0 aromatic carbocycles. The molecule has 17 heavy (non-hydrogen) atoms. The van der Waals surface area contributed by atoms with Crippen LogP contribution in [0.2, 0.25) is 0 Å². The SMILES string of the molecule is CCOCCCn1ccnc1NCCS(C)=O. The largest absolute Gasteiger partial charge is 0.382 e. The van der Waals surface area contributed by atoms with Crippen LogP contribution >= 0.6 is 0 Å². The van der Waals surface area contributed by atoms with E-state index in [2.05, 4.69) is 14.9 Å². The molecule has 0 saturated carbocycles. The number of nitrogens with one attached hydrogen (secondary N) is 1. The highest BCUT2D eigenvalue weighted by molar-refractivity contribution is 7.84. The van der Waals surface area contributed by atoms with E-state index in [0.717, 1.165) is 32.1 Å². The number of imidazole rings is 1. The van der Waals surface area contributed by atoms with Gasteiger partial charge in [0.15, 0.2) is 0 Å². The van der Waals surface area contributed by atoms with Gasteiger partial charge in [-0.25, -0.2) is 4.98 Å². The van der Waals surface area contributed by atoms with Crippen molar-refractivity contribution in [3.05, 3.63) is 12.4 Å². The summed E-state index contributed by atoms with van der Waals surface area (Å²) < 4.78 is 18.3. The zero-order valence-corrected chi connectivity index (χ0v) is 11.3. The summed E-state index contributed by atoms with van der Waals surface area (Å²) in [7, 11) is -0.761. The quantitative estimate of drug-likeness (QED) is 0.675. The second-order valence-electron chi connectivity index (χ2n) is 3.70. The maximum Gasteiger partial charge on any atom is 0.202 e. The number of hydrogen-bond donors (Lipinski definition) is 1. The van der Waals surface area contributed by atoms with Crippen molar-refractivity contribution >= 4 is 16.7 Å². The smallest absolute Gasteiger partial charge is 0.202 e. The first-order chi connectivity index (χ1) is 8.24. The Bertz CT molecular complexity index is 341. The number of aryl methyl sites for hydroxylation is 1. The van der Waals surface area contributed by atoms with Crippen molar-refractivity contribution in [1.29, 1.82) is 0 Å². The van der Waals surface area contributed by atoms with Gasteiger partial charge in [-0.1, -0.05) is 0 Å². The van der Waals surface area contributed by atoms with Crippen LogP contribution < -0.4 is 5.32 Å². The van der Waals surface area contributed by atoms with Gasteiger partial charge in [0.25, 0.3) is 0 Å². The molecule has 1 aromatic rings. The van der Waals surface area contributed by atoms with E-state index in [-0.39, 0.29) is 0 Å². The van der Waals surface area contributed by atoms with Gasteiger partial charge in [0.1, 0.15) is 0 Å². The zero-order valence-electron chi connectivity index (χ0n) is 10.5. The third-order valence-electron chi connectivity index (χ3n) is 2.28.